The number of amides is 1. The van der Waals surface area contributed by atoms with Crippen LogP contribution in [0.4, 0.5) is 0 Å². The van der Waals surface area contributed by atoms with Crippen LogP contribution in [0.2, 0.25) is 5.02 Å². The minimum atomic E-state index is -1.03. The number of aliphatic carboxylic acids is 1. The molecule has 0 bridgehead atoms. The molecule has 1 unspecified atom stereocenters. The first-order chi connectivity index (χ1) is 11.2. The Hall–Kier alpha value is -1.59. The number of nitrogens with zero attached hydrogens (tertiary/aromatic N) is 1. The van der Waals surface area contributed by atoms with E-state index in [2.05, 4.69) is 0 Å². The van der Waals surface area contributed by atoms with Gasteiger partial charge >= 0.3 is 5.97 Å². The molecule has 1 heterocycles. The van der Waals surface area contributed by atoms with Crippen molar-refractivity contribution in [2.24, 2.45) is 5.41 Å². The zero-order chi connectivity index (χ0) is 18.0. The zero-order valence-corrected chi connectivity index (χ0v) is 15.1. The molecule has 1 aromatic rings. The van der Waals surface area contributed by atoms with Crippen molar-refractivity contribution in [1.82, 2.24) is 4.90 Å². The number of rotatable bonds is 5. The Balaban J connectivity index is 2.24. The highest BCUT2D eigenvalue weighted by Crippen LogP contribution is 2.34. The second kappa shape index (κ2) is 7.11. The Morgan fingerprint density at radius 3 is 2.50 bits per heavy atom. The number of carboxylic acids is 1. The van der Waals surface area contributed by atoms with Gasteiger partial charge < -0.3 is 14.7 Å². The molecule has 132 valence electrons. The van der Waals surface area contributed by atoms with Crippen molar-refractivity contribution < 1.29 is 19.4 Å². The van der Waals surface area contributed by atoms with Crippen LogP contribution in [-0.2, 0) is 19.7 Å². The van der Waals surface area contributed by atoms with Crippen LogP contribution in [0.25, 0.3) is 0 Å². The monoisotopic (exact) mass is 353 g/mol. The fourth-order valence-electron chi connectivity index (χ4n) is 3.32. The number of ether oxygens (including phenoxy) is 1. The number of carbonyl (C=O) groups excluding carboxylic acids is 1. The minimum absolute atomic E-state index is 0.0775. The minimum Gasteiger partial charge on any atom is -0.481 e. The van der Waals surface area contributed by atoms with E-state index in [1.807, 2.05) is 26.0 Å². The summed E-state index contributed by atoms with van der Waals surface area (Å²) in [6.45, 7) is 4.55. The molecule has 6 heteroatoms. The van der Waals surface area contributed by atoms with Crippen molar-refractivity contribution in [3.8, 4) is 0 Å². The lowest BCUT2D eigenvalue weighted by Crippen LogP contribution is -2.55. The van der Waals surface area contributed by atoms with Gasteiger partial charge in [0.25, 0.3) is 0 Å². The summed E-state index contributed by atoms with van der Waals surface area (Å²) in [7, 11) is 1.49. The van der Waals surface area contributed by atoms with Gasteiger partial charge in [-0.3, -0.25) is 9.59 Å². The van der Waals surface area contributed by atoms with Gasteiger partial charge in [0.2, 0.25) is 5.91 Å². The third kappa shape index (κ3) is 3.57. The number of piperidine rings is 1. The van der Waals surface area contributed by atoms with Crippen molar-refractivity contribution in [1.29, 1.82) is 0 Å². The maximum Gasteiger partial charge on any atom is 0.313 e. The van der Waals surface area contributed by atoms with Crippen molar-refractivity contribution >= 4 is 23.5 Å². The maximum atomic E-state index is 13.1. The molecule has 0 aromatic heterocycles. The molecule has 1 aliphatic rings. The number of likely N-dealkylation sites (tertiary alicyclic amines) is 1. The first-order valence-corrected chi connectivity index (χ1v) is 8.38. The summed E-state index contributed by atoms with van der Waals surface area (Å²) >= 11 is 5.92. The summed E-state index contributed by atoms with van der Waals surface area (Å²) in [4.78, 5) is 26.5. The highest BCUT2D eigenvalue weighted by molar-refractivity contribution is 6.30. The molecule has 0 saturated carbocycles. The van der Waals surface area contributed by atoms with E-state index in [-0.39, 0.29) is 19.1 Å². The largest absolute Gasteiger partial charge is 0.481 e. The number of methoxy groups -OCH3 is 1. The number of carboxylic acid groups (broad SMARTS) is 1. The van der Waals surface area contributed by atoms with Crippen LogP contribution >= 0.6 is 11.6 Å². The molecule has 1 aromatic carbocycles. The molecule has 1 fully saturated rings. The maximum absolute atomic E-state index is 13.1. The lowest BCUT2D eigenvalue weighted by molar-refractivity contribution is -0.160. The van der Waals surface area contributed by atoms with Crippen LogP contribution in [0.15, 0.2) is 24.3 Å². The molecule has 1 amide bonds. The van der Waals surface area contributed by atoms with E-state index in [4.69, 9.17) is 16.3 Å². The van der Waals surface area contributed by atoms with E-state index in [0.717, 1.165) is 5.56 Å². The first kappa shape index (κ1) is 18.7. The highest BCUT2D eigenvalue weighted by atomic mass is 35.5. The van der Waals surface area contributed by atoms with Crippen LogP contribution in [0.3, 0.4) is 0 Å². The Morgan fingerprint density at radius 1 is 1.33 bits per heavy atom. The third-order valence-electron chi connectivity index (χ3n) is 4.84. The van der Waals surface area contributed by atoms with Crippen molar-refractivity contribution in [2.45, 2.75) is 32.1 Å². The second-order valence-corrected chi connectivity index (χ2v) is 7.42. The van der Waals surface area contributed by atoms with Gasteiger partial charge in [0.05, 0.1) is 12.0 Å². The summed E-state index contributed by atoms with van der Waals surface area (Å²) in [5.74, 6) is -0.989. The normalized spacial score (nSPS) is 21.6. The SMILES string of the molecule is COCC1(C(=O)O)CCCN(C(=O)C(C)(C)c2ccc(Cl)cc2)C1. The Bertz CT molecular complexity index is 610. The smallest absolute Gasteiger partial charge is 0.313 e. The number of hydrogen-bond acceptors (Lipinski definition) is 3. The molecule has 0 spiro atoms. The van der Waals surface area contributed by atoms with Crippen molar-refractivity contribution in [3.05, 3.63) is 34.9 Å². The number of hydrogen-bond donors (Lipinski definition) is 1. The quantitative estimate of drug-likeness (QED) is 0.883. The fourth-order valence-corrected chi connectivity index (χ4v) is 3.45. The van der Waals surface area contributed by atoms with Crippen LogP contribution in [0.5, 0.6) is 0 Å². The van der Waals surface area contributed by atoms with Crippen LogP contribution in [0, 0.1) is 5.41 Å². The molecule has 2 rings (SSSR count). The van der Waals surface area contributed by atoms with Crippen LogP contribution in [-0.4, -0.2) is 48.7 Å². The van der Waals surface area contributed by atoms with Crippen LogP contribution in [0.1, 0.15) is 32.3 Å². The lowest BCUT2D eigenvalue weighted by Gasteiger charge is -2.42. The standard InChI is InChI=1S/C18H24ClNO4/c1-17(2,13-5-7-14(19)8-6-13)15(21)20-10-4-9-18(11-20,12-24-3)16(22)23/h5-8H,4,9-12H2,1-3H3,(H,22,23). The molecule has 0 radical (unpaired) electrons. The lowest BCUT2D eigenvalue weighted by atomic mass is 9.78. The molecule has 1 atom stereocenters. The second-order valence-electron chi connectivity index (χ2n) is 6.98. The number of carbonyl (C=O) groups is 2. The summed E-state index contributed by atoms with van der Waals surface area (Å²) < 4.78 is 5.12. The summed E-state index contributed by atoms with van der Waals surface area (Å²) in [5, 5.41) is 10.3. The Labute approximate surface area is 147 Å². The number of halogens is 1. The summed E-state index contributed by atoms with van der Waals surface area (Å²) in [6, 6.07) is 7.19. The zero-order valence-electron chi connectivity index (χ0n) is 14.3. The molecule has 24 heavy (non-hydrogen) atoms. The van der Waals surface area contributed by atoms with Crippen molar-refractivity contribution in [3.63, 3.8) is 0 Å². The average Bonchev–Trinajstić information content (AvgIpc) is 2.55. The fraction of sp³-hybridized carbons (Fsp3) is 0.556. The predicted octanol–water partition coefficient (Wildman–Crippen LogP) is 2.96. The average molecular weight is 354 g/mol. The van der Waals surface area contributed by atoms with Gasteiger partial charge in [-0.25, -0.2) is 0 Å². The summed E-state index contributed by atoms with van der Waals surface area (Å²) in [6.07, 6.45) is 1.17. The molecule has 1 aliphatic heterocycles. The molecule has 0 aliphatic carbocycles. The van der Waals surface area contributed by atoms with E-state index < -0.39 is 16.8 Å². The van der Waals surface area contributed by atoms with E-state index in [1.54, 1.807) is 17.0 Å². The van der Waals surface area contributed by atoms with E-state index in [1.165, 1.54) is 7.11 Å². The van der Waals surface area contributed by atoms with E-state index in [9.17, 15) is 14.7 Å². The van der Waals surface area contributed by atoms with Gasteiger partial charge in [-0.1, -0.05) is 23.7 Å². The number of benzene rings is 1. The predicted molar refractivity (Wildman–Crippen MR) is 92.2 cm³/mol. The van der Waals surface area contributed by atoms with E-state index in [0.29, 0.717) is 24.4 Å². The summed E-state index contributed by atoms with van der Waals surface area (Å²) in [5.41, 5.74) is -0.923. The van der Waals surface area contributed by atoms with Gasteiger partial charge in [-0.15, -0.1) is 0 Å². The van der Waals surface area contributed by atoms with Gasteiger partial charge in [0.15, 0.2) is 0 Å². The topological polar surface area (TPSA) is 66.8 Å². The highest BCUT2D eigenvalue weighted by Gasteiger charge is 2.46. The molecule has 1 saturated heterocycles. The van der Waals surface area contributed by atoms with E-state index >= 15 is 0 Å². The third-order valence-corrected chi connectivity index (χ3v) is 5.09. The molecular formula is C18H24ClNO4. The molecule has 5 nitrogen and oxygen atoms in total. The first-order valence-electron chi connectivity index (χ1n) is 8.01. The van der Waals surface area contributed by atoms with Gasteiger partial charge in [-0.2, -0.15) is 0 Å². The van der Waals surface area contributed by atoms with Gasteiger partial charge in [-0.05, 0) is 44.4 Å². The Kier molecular flexibility index (Phi) is 5.56. The van der Waals surface area contributed by atoms with Gasteiger partial charge in [0, 0.05) is 25.2 Å². The molecule has 1 N–H and O–H groups in total. The van der Waals surface area contributed by atoms with Gasteiger partial charge in [0.1, 0.15) is 5.41 Å². The Morgan fingerprint density at radius 2 is 1.96 bits per heavy atom. The van der Waals surface area contributed by atoms with Crippen molar-refractivity contribution in [2.75, 3.05) is 26.8 Å². The van der Waals surface area contributed by atoms with Crippen LogP contribution < -0.4 is 0 Å². The molecular weight excluding hydrogens is 330 g/mol.